The Morgan fingerprint density at radius 1 is 1.05 bits per heavy atom. The maximum atomic E-state index is 13.7. The summed E-state index contributed by atoms with van der Waals surface area (Å²) in [6.45, 7) is 9.79. The van der Waals surface area contributed by atoms with Gasteiger partial charge < -0.3 is 19.2 Å². The smallest absolute Gasteiger partial charge is 0.253 e. The molecule has 1 N–H and O–H groups in total. The van der Waals surface area contributed by atoms with E-state index in [9.17, 15) is 4.79 Å². The van der Waals surface area contributed by atoms with Crippen LogP contribution in [-0.4, -0.2) is 80.7 Å². The van der Waals surface area contributed by atoms with Gasteiger partial charge in [-0.25, -0.2) is 4.68 Å². The standard InChI is InChI=1S/C30H35N7O4/c1-19-5-7-22-15-24(30(38)31-27(22)20(19)2)28(29-32-33-34-37(29)17-23-4-3-13-39-23)36-11-9-35(10-12-36)16-21-6-8-25-26(14-21)41-18-40-25/h5-8,14-15,23,28H,3-4,9-13,16-18H2,1-2H3,(H,31,38)/t23-,28+/m0/s1. The molecule has 3 aliphatic rings. The van der Waals surface area contributed by atoms with Crippen LogP contribution >= 0.6 is 0 Å². The predicted octanol–water partition coefficient (Wildman–Crippen LogP) is 2.95. The molecule has 11 nitrogen and oxygen atoms in total. The molecule has 3 aliphatic heterocycles. The molecule has 0 saturated carbocycles. The number of aromatic amines is 1. The summed E-state index contributed by atoms with van der Waals surface area (Å²) >= 11 is 0. The lowest BCUT2D eigenvalue weighted by atomic mass is 9.99. The number of nitrogens with one attached hydrogen (secondary N) is 1. The Morgan fingerprint density at radius 3 is 2.73 bits per heavy atom. The molecule has 2 atom stereocenters. The van der Waals surface area contributed by atoms with Crippen LogP contribution < -0.4 is 15.0 Å². The van der Waals surface area contributed by atoms with E-state index in [4.69, 9.17) is 14.2 Å². The molecule has 2 fully saturated rings. The van der Waals surface area contributed by atoms with Crippen LogP contribution in [0.5, 0.6) is 11.5 Å². The average Bonchev–Trinajstić information content (AvgIpc) is 3.76. The molecule has 2 aromatic carbocycles. The zero-order chi connectivity index (χ0) is 27.9. The van der Waals surface area contributed by atoms with Crippen LogP contribution in [0, 0.1) is 13.8 Å². The Kier molecular flexibility index (Phi) is 6.93. The van der Waals surface area contributed by atoms with Crippen LogP contribution in [0.15, 0.2) is 41.2 Å². The van der Waals surface area contributed by atoms with Crippen molar-refractivity contribution < 1.29 is 14.2 Å². The number of ether oxygens (including phenoxy) is 3. The summed E-state index contributed by atoms with van der Waals surface area (Å²) in [5.74, 6) is 2.28. The summed E-state index contributed by atoms with van der Waals surface area (Å²) in [5, 5.41) is 13.9. The predicted molar refractivity (Wildman–Crippen MR) is 152 cm³/mol. The highest BCUT2D eigenvalue weighted by Gasteiger charge is 2.33. The van der Waals surface area contributed by atoms with Gasteiger partial charge in [-0.1, -0.05) is 18.2 Å². The van der Waals surface area contributed by atoms with Gasteiger partial charge >= 0.3 is 0 Å². The number of aromatic nitrogens is 5. The Hall–Kier alpha value is -3.80. The third kappa shape index (κ3) is 5.09. The molecule has 41 heavy (non-hydrogen) atoms. The van der Waals surface area contributed by atoms with Crippen molar-refractivity contribution in [2.45, 2.75) is 51.9 Å². The van der Waals surface area contributed by atoms with Crippen LogP contribution in [0.1, 0.15) is 47.0 Å². The molecule has 0 bridgehead atoms. The quantitative estimate of drug-likeness (QED) is 0.367. The number of nitrogens with zero attached hydrogens (tertiary/aromatic N) is 6. The second-order valence-corrected chi connectivity index (χ2v) is 11.3. The second kappa shape index (κ2) is 10.9. The highest BCUT2D eigenvalue weighted by Crippen LogP contribution is 2.33. The van der Waals surface area contributed by atoms with Gasteiger partial charge in [0.1, 0.15) is 6.04 Å². The Bertz CT molecular complexity index is 1620. The third-order valence-electron chi connectivity index (χ3n) is 8.69. The number of H-pyrrole nitrogens is 1. The van der Waals surface area contributed by atoms with E-state index >= 15 is 0 Å². The number of piperazine rings is 1. The van der Waals surface area contributed by atoms with E-state index in [1.54, 1.807) is 0 Å². The average molecular weight is 558 g/mol. The van der Waals surface area contributed by atoms with Gasteiger partial charge in [0.25, 0.3) is 5.56 Å². The number of tetrazole rings is 1. The molecule has 4 aromatic rings. The van der Waals surface area contributed by atoms with Gasteiger partial charge in [-0.05, 0) is 77.4 Å². The first-order chi connectivity index (χ1) is 20.0. The second-order valence-electron chi connectivity index (χ2n) is 11.3. The lowest BCUT2D eigenvalue weighted by Crippen LogP contribution is -2.48. The zero-order valence-electron chi connectivity index (χ0n) is 23.5. The summed E-state index contributed by atoms with van der Waals surface area (Å²) in [4.78, 5) is 21.7. The molecule has 0 spiro atoms. The van der Waals surface area contributed by atoms with Crippen molar-refractivity contribution in [2.24, 2.45) is 0 Å². The number of aryl methyl sites for hydroxylation is 2. The summed E-state index contributed by atoms with van der Waals surface area (Å²) in [6.07, 6.45) is 2.11. The van der Waals surface area contributed by atoms with E-state index in [2.05, 4.69) is 61.5 Å². The molecule has 5 heterocycles. The fraction of sp³-hybridized carbons (Fsp3) is 0.467. The molecule has 2 saturated heterocycles. The number of benzene rings is 2. The monoisotopic (exact) mass is 557 g/mol. The van der Waals surface area contributed by atoms with E-state index in [-0.39, 0.29) is 24.5 Å². The van der Waals surface area contributed by atoms with Gasteiger partial charge in [-0.2, -0.15) is 0 Å². The number of fused-ring (bicyclic) bond motifs is 2. The van der Waals surface area contributed by atoms with Crippen LogP contribution in [0.4, 0.5) is 0 Å². The van der Waals surface area contributed by atoms with Crippen LogP contribution in [-0.2, 0) is 17.8 Å². The van der Waals surface area contributed by atoms with E-state index in [0.717, 1.165) is 85.7 Å². The van der Waals surface area contributed by atoms with Crippen molar-refractivity contribution in [3.8, 4) is 11.5 Å². The maximum Gasteiger partial charge on any atom is 0.253 e. The Labute approximate surface area is 238 Å². The lowest BCUT2D eigenvalue weighted by Gasteiger charge is -2.38. The van der Waals surface area contributed by atoms with Crippen molar-refractivity contribution in [2.75, 3.05) is 39.6 Å². The molecular formula is C30H35N7O4. The zero-order valence-corrected chi connectivity index (χ0v) is 23.5. The van der Waals surface area contributed by atoms with Crippen molar-refractivity contribution in [3.05, 3.63) is 74.8 Å². The van der Waals surface area contributed by atoms with E-state index in [0.29, 0.717) is 17.9 Å². The van der Waals surface area contributed by atoms with Gasteiger partial charge in [0.05, 0.1) is 18.2 Å². The first kappa shape index (κ1) is 26.1. The van der Waals surface area contributed by atoms with Gasteiger partial charge in [0.2, 0.25) is 6.79 Å². The Morgan fingerprint density at radius 2 is 1.90 bits per heavy atom. The number of hydrogen-bond acceptors (Lipinski definition) is 9. The molecule has 11 heteroatoms. The molecule has 7 rings (SSSR count). The maximum absolute atomic E-state index is 13.7. The minimum atomic E-state index is -0.381. The summed E-state index contributed by atoms with van der Waals surface area (Å²) in [5.41, 5.74) is 4.86. The van der Waals surface area contributed by atoms with Gasteiger partial charge in [0.15, 0.2) is 17.3 Å². The van der Waals surface area contributed by atoms with Crippen molar-refractivity contribution in [1.29, 1.82) is 0 Å². The Balaban J connectivity index is 1.18. The lowest BCUT2D eigenvalue weighted by molar-refractivity contribution is 0.0840. The number of rotatable bonds is 7. The molecular weight excluding hydrogens is 522 g/mol. The molecule has 0 unspecified atom stereocenters. The first-order valence-corrected chi connectivity index (χ1v) is 14.4. The van der Waals surface area contributed by atoms with Crippen molar-refractivity contribution in [1.82, 2.24) is 35.0 Å². The fourth-order valence-electron chi connectivity index (χ4n) is 6.24. The SMILES string of the molecule is Cc1ccc2cc([C@H](c3nnnn3C[C@@H]3CCCO3)N3CCN(Cc4ccc5c(c4)OCO5)CC3)c(=O)[nH]c2c1C. The normalized spacial score (nSPS) is 20.2. The third-order valence-corrected chi connectivity index (χ3v) is 8.69. The fourth-order valence-corrected chi connectivity index (χ4v) is 6.24. The molecule has 0 amide bonds. The largest absolute Gasteiger partial charge is 0.454 e. The molecule has 2 aromatic heterocycles. The summed E-state index contributed by atoms with van der Waals surface area (Å²) < 4.78 is 18.8. The van der Waals surface area contributed by atoms with E-state index < -0.39 is 0 Å². The van der Waals surface area contributed by atoms with Gasteiger partial charge in [0, 0.05) is 44.9 Å². The topological polar surface area (TPSA) is 111 Å². The van der Waals surface area contributed by atoms with Crippen LogP contribution in [0.2, 0.25) is 0 Å². The number of pyridine rings is 1. The van der Waals surface area contributed by atoms with Gasteiger partial charge in [-0.3, -0.25) is 14.6 Å². The van der Waals surface area contributed by atoms with Crippen LogP contribution in [0.25, 0.3) is 10.9 Å². The number of hydrogen-bond donors (Lipinski definition) is 1. The highest BCUT2D eigenvalue weighted by molar-refractivity contribution is 5.83. The first-order valence-electron chi connectivity index (χ1n) is 14.4. The minimum Gasteiger partial charge on any atom is -0.454 e. The molecule has 0 radical (unpaired) electrons. The molecule has 0 aliphatic carbocycles. The van der Waals surface area contributed by atoms with Crippen LogP contribution in [0.3, 0.4) is 0 Å². The van der Waals surface area contributed by atoms with Crippen molar-refractivity contribution in [3.63, 3.8) is 0 Å². The molecule has 214 valence electrons. The summed E-state index contributed by atoms with van der Waals surface area (Å²) in [6, 6.07) is 12.0. The highest BCUT2D eigenvalue weighted by atomic mass is 16.7. The van der Waals surface area contributed by atoms with E-state index in [1.165, 1.54) is 5.56 Å². The minimum absolute atomic E-state index is 0.0805. The van der Waals surface area contributed by atoms with E-state index in [1.807, 2.05) is 23.7 Å². The summed E-state index contributed by atoms with van der Waals surface area (Å²) in [7, 11) is 0. The van der Waals surface area contributed by atoms with Crippen molar-refractivity contribution >= 4 is 10.9 Å². The van der Waals surface area contributed by atoms with Gasteiger partial charge in [-0.15, -0.1) is 5.10 Å².